The second-order valence-electron chi connectivity index (χ2n) is 7.95. The van der Waals surface area contributed by atoms with E-state index < -0.39 is 0 Å². The van der Waals surface area contributed by atoms with Gasteiger partial charge in [-0.05, 0) is 39.0 Å². The van der Waals surface area contributed by atoms with Crippen LogP contribution in [0.2, 0.25) is 0 Å². The van der Waals surface area contributed by atoms with Gasteiger partial charge in [0, 0.05) is 24.1 Å². The van der Waals surface area contributed by atoms with Gasteiger partial charge in [-0.1, -0.05) is 51.9 Å². The molecule has 0 heterocycles. The molecule has 0 aromatic carbocycles. The zero-order valence-electron chi connectivity index (χ0n) is 17.3. The van der Waals surface area contributed by atoms with Gasteiger partial charge < -0.3 is 9.47 Å². The predicted molar refractivity (Wildman–Crippen MR) is 110 cm³/mol. The summed E-state index contributed by atoms with van der Waals surface area (Å²) in [5.74, 6) is -0.177. The van der Waals surface area contributed by atoms with E-state index in [9.17, 15) is 9.59 Å². The van der Waals surface area contributed by atoms with Gasteiger partial charge in [0.05, 0.1) is 12.7 Å². The third kappa shape index (κ3) is 12.3. The lowest BCUT2D eigenvalue weighted by molar-refractivity contribution is -0.149. The van der Waals surface area contributed by atoms with Gasteiger partial charge in [-0.3, -0.25) is 9.59 Å². The monoisotopic (exact) mass is 402 g/mol. The summed E-state index contributed by atoms with van der Waals surface area (Å²) >= 11 is 6.28. The number of halogens is 1. The molecule has 3 unspecified atom stereocenters. The van der Waals surface area contributed by atoms with Crippen LogP contribution in [0.4, 0.5) is 0 Å². The van der Waals surface area contributed by atoms with Crippen LogP contribution in [0.5, 0.6) is 0 Å². The highest BCUT2D eigenvalue weighted by Crippen LogP contribution is 2.28. The van der Waals surface area contributed by atoms with Crippen molar-refractivity contribution in [1.82, 2.24) is 0 Å². The molecule has 1 fully saturated rings. The number of rotatable bonds is 14. The van der Waals surface area contributed by atoms with Crippen molar-refractivity contribution in [3.05, 3.63) is 0 Å². The third-order valence-electron chi connectivity index (χ3n) is 5.33. The van der Waals surface area contributed by atoms with Gasteiger partial charge in [-0.15, -0.1) is 11.6 Å². The summed E-state index contributed by atoms with van der Waals surface area (Å²) in [7, 11) is 0. The molecule has 27 heavy (non-hydrogen) atoms. The smallest absolute Gasteiger partial charge is 0.306 e. The average Bonchev–Trinajstić information content (AvgIpc) is 2.64. The Morgan fingerprint density at radius 1 is 0.963 bits per heavy atom. The minimum Gasteiger partial charge on any atom is -0.465 e. The van der Waals surface area contributed by atoms with Crippen LogP contribution in [0, 0.1) is 5.92 Å². The fourth-order valence-corrected chi connectivity index (χ4v) is 3.91. The molecular formula is C22H39ClO4. The van der Waals surface area contributed by atoms with Gasteiger partial charge in [-0.2, -0.15) is 0 Å². The van der Waals surface area contributed by atoms with E-state index in [-0.39, 0.29) is 42.2 Å². The maximum Gasteiger partial charge on any atom is 0.306 e. The molecule has 0 aromatic rings. The van der Waals surface area contributed by atoms with Crippen LogP contribution in [0.15, 0.2) is 0 Å². The molecule has 1 saturated carbocycles. The normalized spacial score (nSPS) is 20.9. The first kappa shape index (κ1) is 24.3. The first-order chi connectivity index (χ1) is 13.0. The van der Waals surface area contributed by atoms with E-state index in [1.165, 1.54) is 32.1 Å². The van der Waals surface area contributed by atoms with Gasteiger partial charge in [0.25, 0.3) is 0 Å². The molecule has 4 nitrogen and oxygen atoms in total. The Morgan fingerprint density at radius 3 is 2.37 bits per heavy atom. The number of ether oxygens (including phenoxy) is 2. The van der Waals surface area contributed by atoms with Crippen molar-refractivity contribution in [2.24, 2.45) is 5.92 Å². The molecule has 1 aliphatic carbocycles. The lowest BCUT2D eigenvalue weighted by Crippen LogP contribution is -2.25. The molecule has 3 atom stereocenters. The molecule has 0 saturated heterocycles. The summed E-state index contributed by atoms with van der Waals surface area (Å²) < 4.78 is 10.8. The van der Waals surface area contributed by atoms with Crippen molar-refractivity contribution >= 4 is 23.5 Å². The Hall–Kier alpha value is -0.770. The SMILES string of the molecule is CCCCCCCCC(C)OC(=O)CCCC(=O)OCC1CCCCC1Cl. The minimum atomic E-state index is -0.239. The number of carbonyl (C=O) groups excluding carboxylic acids is 2. The molecule has 1 rings (SSSR count). The van der Waals surface area contributed by atoms with Crippen LogP contribution < -0.4 is 0 Å². The summed E-state index contributed by atoms with van der Waals surface area (Å²) in [4.78, 5) is 23.7. The molecule has 0 bridgehead atoms. The van der Waals surface area contributed by atoms with E-state index in [2.05, 4.69) is 6.92 Å². The second-order valence-corrected chi connectivity index (χ2v) is 8.51. The fraction of sp³-hybridized carbons (Fsp3) is 0.909. The number of hydrogen-bond donors (Lipinski definition) is 0. The number of alkyl halides is 1. The molecule has 1 aliphatic rings. The summed E-state index contributed by atoms with van der Waals surface area (Å²) in [6.07, 6.45) is 13.7. The summed E-state index contributed by atoms with van der Waals surface area (Å²) in [5, 5.41) is 0.120. The first-order valence-corrected chi connectivity index (χ1v) is 11.5. The summed E-state index contributed by atoms with van der Waals surface area (Å²) in [5.41, 5.74) is 0. The molecule has 158 valence electrons. The quantitative estimate of drug-likeness (QED) is 0.198. The van der Waals surface area contributed by atoms with E-state index >= 15 is 0 Å². The Labute approximate surface area is 170 Å². The van der Waals surface area contributed by atoms with E-state index in [4.69, 9.17) is 21.1 Å². The Bertz CT molecular complexity index is 413. The molecule has 0 N–H and O–H groups in total. The Kier molecular flexibility index (Phi) is 13.7. The van der Waals surface area contributed by atoms with E-state index in [1.807, 2.05) is 6.92 Å². The van der Waals surface area contributed by atoms with Crippen molar-refractivity contribution in [3.8, 4) is 0 Å². The molecule has 0 amide bonds. The highest BCUT2D eigenvalue weighted by molar-refractivity contribution is 6.20. The number of unbranched alkanes of at least 4 members (excludes halogenated alkanes) is 5. The lowest BCUT2D eigenvalue weighted by Gasteiger charge is -2.26. The van der Waals surface area contributed by atoms with E-state index in [1.54, 1.807) is 0 Å². The van der Waals surface area contributed by atoms with Gasteiger partial charge >= 0.3 is 11.9 Å². The van der Waals surface area contributed by atoms with Crippen molar-refractivity contribution in [2.45, 2.75) is 115 Å². The van der Waals surface area contributed by atoms with Crippen molar-refractivity contribution in [3.63, 3.8) is 0 Å². The van der Waals surface area contributed by atoms with Crippen molar-refractivity contribution in [1.29, 1.82) is 0 Å². The van der Waals surface area contributed by atoms with Gasteiger partial charge in [-0.25, -0.2) is 0 Å². The molecule has 0 aliphatic heterocycles. The maximum atomic E-state index is 11.9. The largest absolute Gasteiger partial charge is 0.465 e. The first-order valence-electron chi connectivity index (χ1n) is 11.0. The van der Waals surface area contributed by atoms with Gasteiger partial charge in [0.15, 0.2) is 0 Å². The standard InChI is InChI=1S/C22H39ClO4/c1-3-4-5-6-7-8-12-18(2)27-22(25)16-11-15-21(24)26-17-19-13-9-10-14-20(19)23/h18-20H,3-17H2,1-2H3. The Morgan fingerprint density at radius 2 is 1.63 bits per heavy atom. The van der Waals surface area contributed by atoms with Crippen molar-refractivity contribution in [2.75, 3.05) is 6.61 Å². The average molecular weight is 403 g/mol. The van der Waals surface area contributed by atoms with Crippen LogP contribution in [0.3, 0.4) is 0 Å². The zero-order valence-corrected chi connectivity index (χ0v) is 18.1. The molecular weight excluding hydrogens is 364 g/mol. The van der Waals surface area contributed by atoms with Crippen LogP contribution >= 0.6 is 11.6 Å². The number of carbonyl (C=O) groups is 2. The van der Waals surface area contributed by atoms with Crippen LogP contribution in [0.1, 0.15) is 104 Å². The lowest BCUT2D eigenvalue weighted by atomic mass is 9.89. The molecule has 5 heteroatoms. The highest BCUT2D eigenvalue weighted by atomic mass is 35.5. The molecule has 0 aromatic heterocycles. The maximum absolute atomic E-state index is 11.9. The summed E-state index contributed by atoms with van der Waals surface area (Å²) in [6.45, 7) is 4.57. The van der Waals surface area contributed by atoms with Crippen LogP contribution in [0.25, 0.3) is 0 Å². The van der Waals surface area contributed by atoms with Crippen LogP contribution in [-0.2, 0) is 19.1 Å². The van der Waals surface area contributed by atoms with Gasteiger partial charge in [0.2, 0.25) is 0 Å². The number of esters is 2. The Balaban J connectivity index is 2.01. The van der Waals surface area contributed by atoms with E-state index in [0.717, 1.165) is 38.5 Å². The minimum absolute atomic E-state index is 0.0393. The number of hydrogen-bond acceptors (Lipinski definition) is 4. The highest BCUT2D eigenvalue weighted by Gasteiger charge is 2.24. The molecule has 0 spiro atoms. The summed E-state index contributed by atoms with van der Waals surface area (Å²) in [6, 6.07) is 0. The zero-order chi connectivity index (χ0) is 19.9. The molecule has 0 radical (unpaired) electrons. The van der Waals surface area contributed by atoms with Crippen molar-refractivity contribution < 1.29 is 19.1 Å². The topological polar surface area (TPSA) is 52.6 Å². The van der Waals surface area contributed by atoms with Crippen LogP contribution in [-0.4, -0.2) is 30.0 Å². The fourth-order valence-electron chi connectivity index (χ4n) is 3.55. The van der Waals surface area contributed by atoms with E-state index in [0.29, 0.717) is 13.0 Å². The third-order valence-corrected chi connectivity index (χ3v) is 5.91. The predicted octanol–water partition coefficient (Wildman–Crippen LogP) is 6.18. The second kappa shape index (κ2) is 15.2. The van der Waals surface area contributed by atoms with Gasteiger partial charge in [0.1, 0.15) is 0 Å².